The molecular weight excluding hydrogens is 291 g/mol. The number of nitrogens with zero attached hydrogens (tertiary/aromatic N) is 1. The summed E-state index contributed by atoms with van der Waals surface area (Å²) in [6.07, 6.45) is 2.38. The van der Waals surface area contributed by atoms with Gasteiger partial charge < -0.3 is 5.73 Å². The smallest absolute Gasteiger partial charge is 0.243 e. The van der Waals surface area contributed by atoms with Crippen LogP contribution in [0.5, 0.6) is 0 Å². The molecule has 0 bridgehead atoms. The van der Waals surface area contributed by atoms with Gasteiger partial charge in [-0.05, 0) is 37.5 Å². The highest BCUT2D eigenvalue weighted by Gasteiger charge is 2.29. The Labute approximate surface area is 127 Å². The Hall–Kier alpha value is -0.980. The van der Waals surface area contributed by atoms with Crippen LogP contribution < -0.4 is 5.73 Å². The molecule has 0 saturated carbocycles. The zero-order chi connectivity index (χ0) is 16.0. The second-order valence-electron chi connectivity index (χ2n) is 5.18. The van der Waals surface area contributed by atoms with Gasteiger partial charge in [-0.1, -0.05) is 26.3 Å². The number of nitrogens with two attached hydrogens (primary N) is 1. The van der Waals surface area contributed by atoms with Crippen LogP contribution in [0, 0.1) is 5.82 Å². The first-order valence-electron chi connectivity index (χ1n) is 7.38. The lowest BCUT2D eigenvalue weighted by Gasteiger charge is -2.28. The molecule has 0 amide bonds. The van der Waals surface area contributed by atoms with Crippen LogP contribution in [0.15, 0.2) is 23.1 Å². The van der Waals surface area contributed by atoms with Crippen molar-refractivity contribution >= 4 is 10.0 Å². The monoisotopic (exact) mass is 316 g/mol. The SMILES string of the molecule is CCCCN(C(C)CC)S(=O)(=O)c1cc(F)ccc1CN. The molecule has 0 radical (unpaired) electrons. The van der Waals surface area contributed by atoms with Gasteiger partial charge in [-0.15, -0.1) is 0 Å². The zero-order valence-electron chi connectivity index (χ0n) is 13.0. The van der Waals surface area contributed by atoms with Crippen LogP contribution in [-0.4, -0.2) is 25.3 Å². The van der Waals surface area contributed by atoms with Gasteiger partial charge in [0.2, 0.25) is 10.0 Å². The number of hydrogen-bond donors (Lipinski definition) is 1. The van der Waals surface area contributed by atoms with E-state index >= 15 is 0 Å². The Bertz CT molecular complexity index is 561. The summed E-state index contributed by atoms with van der Waals surface area (Å²) in [5.74, 6) is -0.564. The normalized spacial score (nSPS) is 13.6. The van der Waals surface area contributed by atoms with Crippen LogP contribution in [0.4, 0.5) is 4.39 Å². The van der Waals surface area contributed by atoms with Crippen molar-refractivity contribution < 1.29 is 12.8 Å². The second kappa shape index (κ2) is 7.87. The van der Waals surface area contributed by atoms with Crippen LogP contribution in [0.25, 0.3) is 0 Å². The maximum Gasteiger partial charge on any atom is 0.243 e. The molecule has 21 heavy (non-hydrogen) atoms. The highest BCUT2D eigenvalue weighted by atomic mass is 32.2. The first-order valence-corrected chi connectivity index (χ1v) is 8.82. The Kier molecular flexibility index (Phi) is 6.77. The van der Waals surface area contributed by atoms with Gasteiger partial charge in [0.1, 0.15) is 5.82 Å². The average Bonchev–Trinajstić information content (AvgIpc) is 2.47. The molecule has 0 spiro atoms. The van der Waals surface area contributed by atoms with E-state index in [0.717, 1.165) is 18.9 Å². The first-order chi connectivity index (χ1) is 9.88. The third kappa shape index (κ3) is 4.25. The molecule has 4 nitrogen and oxygen atoms in total. The molecule has 0 fully saturated rings. The quantitative estimate of drug-likeness (QED) is 0.802. The summed E-state index contributed by atoms with van der Waals surface area (Å²) in [4.78, 5) is -0.0126. The molecule has 1 rings (SSSR count). The van der Waals surface area contributed by atoms with E-state index in [1.807, 2.05) is 20.8 Å². The minimum absolute atomic E-state index is 0.0126. The fourth-order valence-corrected chi connectivity index (χ4v) is 4.15. The third-order valence-electron chi connectivity index (χ3n) is 3.65. The molecule has 0 aliphatic heterocycles. The van der Waals surface area contributed by atoms with Crippen molar-refractivity contribution in [2.75, 3.05) is 6.54 Å². The molecule has 1 unspecified atom stereocenters. The molecule has 1 atom stereocenters. The third-order valence-corrected chi connectivity index (χ3v) is 5.75. The first kappa shape index (κ1) is 18.1. The Balaban J connectivity index is 3.31. The van der Waals surface area contributed by atoms with Crippen molar-refractivity contribution in [3.05, 3.63) is 29.6 Å². The van der Waals surface area contributed by atoms with Crippen LogP contribution in [-0.2, 0) is 16.6 Å². The summed E-state index contributed by atoms with van der Waals surface area (Å²) < 4.78 is 40.7. The molecule has 0 heterocycles. The van der Waals surface area contributed by atoms with Crippen LogP contribution >= 0.6 is 0 Å². The number of sulfonamides is 1. The van der Waals surface area contributed by atoms with Gasteiger partial charge in [-0.25, -0.2) is 12.8 Å². The molecule has 1 aromatic rings. The van der Waals surface area contributed by atoms with Crippen molar-refractivity contribution in [1.82, 2.24) is 4.31 Å². The fraction of sp³-hybridized carbons (Fsp3) is 0.600. The highest BCUT2D eigenvalue weighted by Crippen LogP contribution is 2.24. The largest absolute Gasteiger partial charge is 0.326 e. The van der Waals surface area contributed by atoms with Crippen molar-refractivity contribution in [2.24, 2.45) is 5.73 Å². The van der Waals surface area contributed by atoms with Crippen molar-refractivity contribution in [3.63, 3.8) is 0 Å². The van der Waals surface area contributed by atoms with Gasteiger partial charge in [0, 0.05) is 19.1 Å². The van der Waals surface area contributed by atoms with E-state index in [1.54, 1.807) is 0 Å². The van der Waals surface area contributed by atoms with E-state index in [0.29, 0.717) is 18.5 Å². The molecule has 0 aliphatic carbocycles. The summed E-state index contributed by atoms with van der Waals surface area (Å²) >= 11 is 0. The minimum atomic E-state index is -3.74. The van der Waals surface area contributed by atoms with Crippen LogP contribution in [0.1, 0.15) is 45.6 Å². The molecule has 6 heteroatoms. The van der Waals surface area contributed by atoms with Crippen molar-refractivity contribution in [2.45, 2.75) is 57.5 Å². The van der Waals surface area contributed by atoms with E-state index in [1.165, 1.54) is 16.4 Å². The maximum absolute atomic E-state index is 13.5. The van der Waals surface area contributed by atoms with Crippen molar-refractivity contribution in [3.8, 4) is 0 Å². The van der Waals surface area contributed by atoms with E-state index in [2.05, 4.69) is 0 Å². The van der Waals surface area contributed by atoms with Crippen molar-refractivity contribution in [1.29, 1.82) is 0 Å². The van der Waals surface area contributed by atoms with Crippen LogP contribution in [0.2, 0.25) is 0 Å². The number of unbranched alkanes of at least 4 members (excludes halogenated alkanes) is 1. The Morgan fingerprint density at radius 1 is 1.33 bits per heavy atom. The molecule has 2 N–H and O–H groups in total. The van der Waals surface area contributed by atoms with E-state index in [9.17, 15) is 12.8 Å². The number of halogens is 1. The number of hydrogen-bond acceptors (Lipinski definition) is 3. The molecule has 0 saturated heterocycles. The molecule has 120 valence electrons. The summed E-state index contributed by atoms with van der Waals surface area (Å²) in [5.41, 5.74) is 6.05. The zero-order valence-corrected chi connectivity index (χ0v) is 13.8. The predicted octanol–water partition coefficient (Wildman–Crippen LogP) is 2.87. The lowest BCUT2D eigenvalue weighted by Crippen LogP contribution is -2.39. The van der Waals surface area contributed by atoms with Gasteiger partial charge >= 0.3 is 0 Å². The topological polar surface area (TPSA) is 63.4 Å². The summed E-state index contributed by atoms with van der Waals surface area (Å²) in [5, 5.41) is 0. The Morgan fingerprint density at radius 2 is 2.00 bits per heavy atom. The van der Waals surface area contributed by atoms with E-state index in [4.69, 9.17) is 5.73 Å². The average molecular weight is 316 g/mol. The highest BCUT2D eigenvalue weighted by molar-refractivity contribution is 7.89. The molecule has 0 aliphatic rings. The number of rotatable bonds is 8. The summed E-state index contributed by atoms with van der Waals surface area (Å²) in [6, 6.07) is 3.62. The number of benzene rings is 1. The van der Waals surface area contributed by atoms with E-state index in [-0.39, 0.29) is 17.5 Å². The molecule has 0 aromatic heterocycles. The fourth-order valence-electron chi connectivity index (χ4n) is 2.16. The van der Waals surface area contributed by atoms with Gasteiger partial charge in [0.05, 0.1) is 4.90 Å². The Morgan fingerprint density at radius 3 is 2.52 bits per heavy atom. The molecular formula is C15H25FN2O2S. The predicted molar refractivity (Wildman–Crippen MR) is 82.8 cm³/mol. The van der Waals surface area contributed by atoms with Gasteiger partial charge in [0.25, 0.3) is 0 Å². The van der Waals surface area contributed by atoms with Gasteiger partial charge in [0.15, 0.2) is 0 Å². The molecule has 1 aromatic carbocycles. The second-order valence-corrected chi connectivity index (χ2v) is 7.04. The lowest BCUT2D eigenvalue weighted by molar-refractivity contribution is 0.324. The lowest BCUT2D eigenvalue weighted by atomic mass is 10.2. The van der Waals surface area contributed by atoms with Gasteiger partial charge in [-0.3, -0.25) is 0 Å². The summed E-state index contributed by atoms with van der Waals surface area (Å²) in [7, 11) is -3.74. The van der Waals surface area contributed by atoms with Crippen LogP contribution in [0.3, 0.4) is 0 Å². The standard InChI is InChI=1S/C15H25FN2O2S/c1-4-6-9-18(12(3)5-2)21(19,20)15-10-14(16)8-7-13(15)11-17/h7-8,10,12H,4-6,9,11,17H2,1-3H3. The maximum atomic E-state index is 13.5. The van der Waals surface area contributed by atoms with Gasteiger partial charge in [-0.2, -0.15) is 4.31 Å². The minimum Gasteiger partial charge on any atom is -0.326 e. The van der Waals surface area contributed by atoms with E-state index < -0.39 is 15.8 Å². The summed E-state index contributed by atoms with van der Waals surface area (Å²) in [6.45, 7) is 6.32.